The van der Waals surface area contributed by atoms with E-state index in [1.54, 1.807) is 30.3 Å². The Hall–Kier alpha value is -2.97. The Balaban J connectivity index is 1.34. The molecule has 2 aromatic heterocycles. The Morgan fingerprint density at radius 1 is 1.14 bits per heavy atom. The van der Waals surface area contributed by atoms with Crippen molar-refractivity contribution in [3.63, 3.8) is 0 Å². The second-order valence-corrected chi connectivity index (χ2v) is 7.96. The van der Waals surface area contributed by atoms with E-state index in [1.165, 1.54) is 11.3 Å². The SMILES string of the molecule is Cc1cc(CN2CCN(C(=O)c3cccc(NC(=O)c4cccs4)c3)CC2)no1. The van der Waals surface area contributed by atoms with E-state index in [9.17, 15) is 9.59 Å². The molecule has 0 spiro atoms. The highest BCUT2D eigenvalue weighted by molar-refractivity contribution is 7.12. The quantitative estimate of drug-likeness (QED) is 0.699. The zero-order chi connectivity index (χ0) is 20.2. The number of hydrogen-bond acceptors (Lipinski definition) is 6. The van der Waals surface area contributed by atoms with Gasteiger partial charge in [-0.3, -0.25) is 14.5 Å². The van der Waals surface area contributed by atoms with Crippen LogP contribution in [0.4, 0.5) is 5.69 Å². The molecule has 0 radical (unpaired) electrons. The lowest BCUT2D eigenvalue weighted by molar-refractivity contribution is 0.0625. The van der Waals surface area contributed by atoms with Crippen LogP contribution < -0.4 is 5.32 Å². The smallest absolute Gasteiger partial charge is 0.265 e. The summed E-state index contributed by atoms with van der Waals surface area (Å²) in [5, 5.41) is 8.75. The lowest BCUT2D eigenvalue weighted by Gasteiger charge is -2.34. The van der Waals surface area contributed by atoms with Gasteiger partial charge in [0.05, 0.1) is 10.6 Å². The zero-order valence-electron chi connectivity index (χ0n) is 16.1. The highest BCUT2D eigenvalue weighted by atomic mass is 32.1. The predicted molar refractivity (Wildman–Crippen MR) is 111 cm³/mol. The molecule has 0 unspecified atom stereocenters. The molecule has 0 aliphatic carbocycles. The molecule has 3 heterocycles. The van der Waals surface area contributed by atoms with Crippen molar-refractivity contribution in [1.82, 2.24) is 15.0 Å². The minimum absolute atomic E-state index is 0.0193. The van der Waals surface area contributed by atoms with Gasteiger partial charge >= 0.3 is 0 Å². The molecule has 1 N–H and O–H groups in total. The third-order valence-electron chi connectivity index (χ3n) is 4.83. The van der Waals surface area contributed by atoms with E-state index < -0.39 is 0 Å². The van der Waals surface area contributed by atoms with Crippen molar-refractivity contribution >= 4 is 28.8 Å². The maximum absolute atomic E-state index is 12.9. The number of benzene rings is 1. The second kappa shape index (κ2) is 8.59. The summed E-state index contributed by atoms with van der Waals surface area (Å²) >= 11 is 1.38. The number of aromatic nitrogens is 1. The molecule has 1 aliphatic rings. The van der Waals surface area contributed by atoms with Crippen molar-refractivity contribution in [3.05, 3.63) is 69.7 Å². The van der Waals surface area contributed by atoms with Crippen molar-refractivity contribution < 1.29 is 14.1 Å². The number of hydrogen-bond donors (Lipinski definition) is 1. The summed E-state index contributed by atoms with van der Waals surface area (Å²) in [6.45, 7) is 5.48. The Labute approximate surface area is 172 Å². The summed E-state index contributed by atoms with van der Waals surface area (Å²) in [7, 11) is 0. The fraction of sp³-hybridized carbons (Fsp3) is 0.286. The van der Waals surface area contributed by atoms with E-state index in [1.807, 2.05) is 29.3 Å². The molecule has 0 bridgehead atoms. The number of thiophene rings is 1. The van der Waals surface area contributed by atoms with Crippen molar-refractivity contribution in [1.29, 1.82) is 0 Å². The highest BCUT2D eigenvalue weighted by Gasteiger charge is 2.23. The van der Waals surface area contributed by atoms with E-state index in [-0.39, 0.29) is 11.8 Å². The van der Waals surface area contributed by atoms with Crippen LogP contribution in [0.5, 0.6) is 0 Å². The van der Waals surface area contributed by atoms with E-state index in [2.05, 4.69) is 15.4 Å². The number of aryl methyl sites for hydroxylation is 1. The first-order valence-electron chi connectivity index (χ1n) is 9.47. The topological polar surface area (TPSA) is 78.7 Å². The van der Waals surface area contributed by atoms with Crippen molar-refractivity contribution in [2.24, 2.45) is 0 Å². The van der Waals surface area contributed by atoms with E-state index in [4.69, 9.17) is 4.52 Å². The van der Waals surface area contributed by atoms with Gasteiger partial charge in [0.25, 0.3) is 11.8 Å². The highest BCUT2D eigenvalue weighted by Crippen LogP contribution is 2.17. The first-order chi connectivity index (χ1) is 14.1. The van der Waals surface area contributed by atoms with Gasteiger partial charge in [0.15, 0.2) is 0 Å². The second-order valence-electron chi connectivity index (χ2n) is 7.01. The van der Waals surface area contributed by atoms with Crippen LogP contribution in [0.15, 0.2) is 52.4 Å². The van der Waals surface area contributed by atoms with Gasteiger partial charge < -0.3 is 14.7 Å². The Kier molecular flexibility index (Phi) is 5.73. The number of anilines is 1. The van der Waals surface area contributed by atoms with Gasteiger partial charge in [-0.25, -0.2) is 0 Å². The normalized spacial score (nSPS) is 14.7. The number of rotatable bonds is 5. The number of piperazine rings is 1. The fourth-order valence-corrected chi connectivity index (χ4v) is 3.96. The zero-order valence-corrected chi connectivity index (χ0v) is 16.9. The molecule has 1 fully saturated rings. The minimum Gasteiger partial charge on any atom is -0.361 e. The number of nitrogens with one attached hydrogen (secondary N) is 1. The molecule has 8 heteroatoms. The average molecular weight is 410 g/mol. The molecule has 1 saturated heterocycles. The molecular formula is C21H22N4O3S. The molecule has 0 atom stereocenters. The van der Waals surface area contributed by atoms with Crippen LogP contribution in [-0.2, 0) is 6.54 Å². The van der Waals surface area contributed by atoms with Gasteiger partial charge in [-0.15, -0.1) is 11.3 Å². The molecule has 29 heavy (non-hydrogen) atoms. The maximum atomic E-state index is 12.9. The third kappa shape index (κ3) is 4.72. The monoisotopic (exact) mass is 410 g/mol. The summed E-state index contributed by atoms with van der Waals surface area (Å²) in [6, 6.07) is 12.7. The van der Waals surface area contributed by atoms with Crippen LogP contribution in [0.25, 0.3) is 0 Å². The van der Waals surface area contributed by atoms with Crippen LogP contribution in [0.3, 0.4) is 0 Å². The molecule has 1 aliphatic heterocycles. The van der Waals surface area contributed by atoms with E-state index in [0.29, 0.717) is 29.2 Å². The number of amides is 2. The summed E-state index contributed by atoms with van der Waals surface area (Å²) in [4.78, 5) is 29.9. The summed E-state index contributed by atoms with van der Waals surface area (Å²) in [6.07, 6.45) is 0. The number of carbonyl (C=O) groups excluding carboxylic acids is 2. The molecular weight excluding hydrogens is 388 g/mol. The molecule has 3 aromatic rings. The van der Waals surface area contributed by atoms with Crippen LogP contribution in [0.2, 0.25) is 0 Å². The fourth-order valence-electron chi connectivity index (χ4n) is 3.34. The maximum Gasteiger partial charge on any atom is 0.265 e. The van der Waals surface area contributed by atoms with Gasteiger partial charge in [0, 0.05) is 50.0 Å². The van der Waals surface area contributed by atoms with Gasteiger partial charge in [0.2, 0.25) is 0 Å². The van der Waals surface area contributed by atoms with Crippen molar-refractivity contribution in [2.45, 2.75) is 13.5 Å². The molecule has 1 aromatic carbocycles. The van der Waals surface area contributed by atoms with Gasteiger partial charge in [-0.2, -0.15) is 0 Å². The average Bonchev–Trinajstić information content (AvgIpc) is 3.40. The minimum atomic E-state index is -0.165. The first kappa shape index (κ1) is 19.4. The standard InChI is InChI=1S/C21H22N4O3S/c1-15-12-18(23-28-15)14-24-7-9-25(10-8-24)21(27)16-4-2-5-17(13-16)22-20(26)19-6-3-11-29-19/h2-6,11-13H,7-10,14H2,1H3,(H,22,26). The van der Waals surface area contributed by atoms with Gasteiger partial charge in [-0.1, -0.05) is 17.3 Å². The van der Waals surface area contributed by atoms with E-state index in [0.717, 1.165) is 31.1 Å². The predicted octanol–water partition coefficient (Wildman–Crippen LogP) is 3.25. The van der Waals surface area contributed by atoms with Gasteiger partial charge in [-0.05, 0) is 36.6 Å². The van der Waals surface area contributed by atoms with Crippen LogP contribution >= 0.6 is 11.3 Å². The Morgan fingerprint density at radius 2 is 1.97 bits per heavy atom. The van der Waals surface area contributed by atoms with Crippen LogP contribution in [0.1, 0.15) is 31.5 Å². The largest absolute Gasteiger partial charge is 0.361 e. The summed E-state index contributed by atoms with van der Waals surface area (Å²) in [5.41, 5.74) is 2.11. The summed E-state index contributed by atoms with van der Waals surface area (Å²) < 4.78 is 5.11. The number of nitrogens with zero attached hydrogens (tertiary/aromatic N) is 3. The van der Waals surface area contributed by atoms with Gasteiger partial charge in [0.1, 0.15) is 5.76 Å². The Morgan fingerprint density at radius 3 is 2.66 bits per heavy atom. The Bertz CT molecular complexity index is 991. The number of carbonyl (C=O) groups is 2. The third-order valence-corrected chi connectivity index (χ3v) is 5.70. The van der Waals surface area contributed by atoms with Crippen molar-refractivity contribution in [2.75, 3.05) is 31.5 Å². The molecule has 7 nitrogen and oxygen atoms in total. The molecule has 0 saturated carbocycles. The van der Waals surface area contributed by atoms with Crippen LogP contribution in [-0.4, -0.2) is 52.9 Å². The first-order valence-corrected chi connectivity index (χ1v) is 10.4. The van der Waals surface area contributed by atoms with Crippen LogP contribution in [0, 0.1) is 6.92 Å². The lowest BCUT2D eigenvalue weighted by atomic mass is 10.1. The molecule has 2 amide bonds. The lowest BCUT2D eigenvalue weighted by Crippen LogP contribution is -2.48. The molecule has 4 rings (SSSR count). The molecule has 150 valence electrons. The van der Waals surface area contributed by atoms with Crippen molar-refractivity contribution in [3.8, 4) is 0 Å². The van der Waals surface area contributed by atoms with E-state index >= 15 is 0 Å². The summed E-state index contributed by atoms with van der Waals surface area (Å²) in [5.74, 6) is 0.621.